The van der Waals surface area contributed by atoms with Gasteiger partial charge >= 0.3 is 5.97 Å². The number of fused-ring (bicyclic) bond motifs is 1. The van der Waals surface area contributed by atoms with Gasteiger partial charge in [0.1, 0.15) is 5.58 Å². The number of esters is 1. The summed E-state index contributed by atoms with van der Waals surface area (Å²) in [7, 11) is 0. The normalized spacial score (nSPS) is 10.9. The summed E-state index contributed by atoms with van der Waals surface area (Å²) in [5.74, 6) is 0.0737. The Labute approximate surface area is 142 Å². The lowest BCUT2D eigenvalue weighted by Crippen LogP contribution is -2.10. The van der Waals surface area contributed by atoms with E-state index in [1.807, 2.05) is 61.5 Å². The van der Waals surface area contributed by atoms with Gasteiger partial charge in [0.25, 0.3) is 0 Å². The van der Waals surface area contributed by atoms with Crippen LogP contribution in [0, 0.1) is 6.92 Å². The Hall–Kier alpha value is -3.48. The largest absolute Gasteiger partial charge is 0.452 e. The molecule has 0 unspecified atom stereocenters. The fourth-order valence-electron chi connectivity index (χ4n) is 2.63. The van der Waals surface area contributed by atoms with Crippen LogP contribution >= 0.6 is 0 Å². The number of nitrogens with zero attached hydrogens (tertiary/aromatic N) is 4. The highest BCUT2D eigenvalue weighted by Gasteiger charge is 2.20. The number of aromatic nitrogens is 4. The van der Waals surface area contributed by atoms with Crippen molar-refractivity contribution in [3.8, 4) is 5.69 Å². The number of para-hydroxylation sites is 2. The molecule has 25 heavy (non-hydrogen) atoms. The van der Waals surface area contributed by atoms with Crippen molar-refractivity contribution in [1.82, 2.24) is 20.2 Å². The first-order valence-corrected chi connectivity index (χ1v) is 7.72. The van der Waals surface area contributed by atoms with E-state index in [1.54, 1.807) is 0 Å². The first-order valence-electron chi connectivity index (χ1n) is 7.72. The Morgan fingerprint density at radius 3 is 2.68 bits per heavy atom. The van der Waals surface area contributed by atoms with Crippen LogP contribution in [0.5, 0.6) is 0 Å². The van der Waals surface area contributed by atoms with Crippen LogP contribution in [0.4, 0.5) is 0 Å². The van der Waals surface area contributed by atoms with Crippen LogP contribution in [0.25, 0.3) is 16.7 Å². The van der Waals surface area contributed by atoms with Crippen molar-refractivity contribution in [2.45, 2.75) is 13.5 Å². The molecule has 2 aromatic heterocycles. The maximum Gasteiger partial charge on any atom is 0.375 e. The minimum absolute atomic E-state index is 0.0583. The minimum Gasteiger partial charge on any atom is -0.452 e. The molecule has 0 atom stereocenters. The van der Waals surface area contributed by atoms with E-state index < -0.39 is 5.97 Å². The summed E-state index contributed by atoms with van der Waals surface area (Å²) < 4.78 is 12.5. The zero-order valence-electron chi connectivity index (χ0n) is 13.4. The molecule has 124 valence electrons. The van der Waals surface area contributed by atoms with Gasteiger partial charge in [-0.3, -0.25) is 0 Å². The van der Waals surface area contributed by atoms with E-state index in [1.165, 1.54) is 4.68 Å². The predicted octanol–water partition coefficient (Wildman–Crippen LogP) is 3.07. The van der Waals surface area contributed by atoms with Gasteiger partial charge in [-0.15, -0.1) is 5.10 Å². The highest BCUT2D eigenvalue weighted by Crippen LogP contribution is 2.25. The standard InChI is InChI=1S/C18H14N4O3/c1-12-14-9-5-6-10-15(14)25-17(12)18(23)24-11-16-19-20-21-22(16)13-7-3-2-4-8-13/h2-10H,11H2,1H3. The van der Waals surface area contributed by atoms with Gasteiger partial charge < -0.3 is 9.15 Å². The Kier molecular flexibility index (Phi) is 3.74. The number of carbonyl (C=O) groups is 1. The van der Waals surface area contributed by atoms with E-state index in [2.05, 4.69) is 15.5 Å². The third-order valence-electron chi connectivity index (χ3n) is 3.90. The molecule has 7 heteroatoms. The molecule has 0 aliphatic carbocycles. The zero-order chi connectivity index (χ0) is 17.2. The van der Waals surface area contributed by atoms with Crippen molar-refractivity contribution in [3.63, 3.8) is 0 Å². The number of hydrogen-bond donors (Lipinski definition) is 0. The average molecular weight is 334 g/mol. The van der Waals surface area contributed by atoms with Crippen molar-refractivity contribution in [2.24, 2.45) is 0 Å². The van der Waals surface area contributed by atoms with Crippen LogP contribution in [0.1, 0.15) is 21.9 Å². The molecule has 7 nitrogen and oxygen atoms in total. The summed E-state index contributed by atoms with van der Waals surface area (Å²) in [6, 6.07) is 16.9. The molecular weight excluding hydrogens is 320 g/mol. The summed E-state index contributed by atoms with van der Waals surface area (Å²) >= 11 is 0. The minimum atomic E-state index is -0.545. The lowest BCUT2D eigenvalue weighted by molar-refractivity contribution is 0.0424. The summed E-state index contributed by atoms with van der Waals surface area (Å²) in [6.45, 7) is 1.77. The molecule has 0 N–H and O–H groups in total. The van der Waals surface area contributed by atoms with Crippen LogP contribution < -0.4 is 0 Å². The molecule has 0 saturated carbocycles. The maximum atomic E-state index is 12.4. The molecule has 0 saturated heterocycles. The van der Waals surface area contributed by atoms with Crippen LogP contribution in [0.15, 0.2) is 59.0 Å². The number of furan rings is 1. The fraction of sp³-hybridized carbons (Fsp3) is 0.111. The van der Waals surface area contributed by atoms with Crippen LogP contribution in [-0.4, -0.2) is 26.2 Å². The summed E-state index contributed by atoms with van der Waals surface area (Å²) in [6.07, 6.45) is 0. The second kappa shape index (κ2) is 6.20. The topological polar surface area (TPSA) is 83.0 Å². The SMILES string of the molecule is Cc1c(C(=O)OCc2nnnn2-c2ccccc2)oc2ccccc12. The summed E-state index contributed by atoms with van der Waals surface area (Å²) in [5.41, 5.74) is 2.20. The molecule has 0 radical (unpaired) electrons. The lowest BCUT2D eigenvalue weighted by Gasteiger charge is -2.05. The average Bonchev–Trinajstić information content (AvgIpc) is 3.25. The van der Waals surface area contributed by atoms with Crippen molar-refractivity contribution in [2.75, 3.05) is 0 Å². The molecule has 0 spiro atoms. The molecule has 2 heterocycles. The number of rotatable bonds is 4. The zero-order valence-corrected chi connectivity index (χ0v) is 13.4. The maximum absolute atomic E-state index is 12.4. The first kappa shape index (κ1) is 15.1. The monoisotopic (exact) mass is 334 g/mol. The van der Waals surface area contributed by atoms with Gasteiger partial charge in [0.05, 0.1) is 5.69 Å². The molecule has 0 amide bonds. The third kappa shape index (κ3) is 2.76. The molecule has 2 aromatic carbocycles. The van der Waals surface area contributed by atoms with E-state index in [4.69, 9.17) is 9.15 Å². The van der Waals surface area contributed by atoms with Gasteiger partial charge in [0.15, 0.2) is 12.4 Å². The molecular formula is C18H14N4O3. The highest BCUT2D eigenvalue weighted by atomic mass is 16.5. The second-order valence-electron chi connectivity index (χ2n) is 5.47. The van der Waals surface area contributed by atoms with Gasteiger partial charge in [0, 0.05) is 10.9 Å². The van der Waals surface area contributed by atoms with Crippen LogP contribution in [-0.2, 0) is 11.3 Å². The quantitative estimate of drug-likeness (QED) is 0.533. The van der Waals surface area contributed by atoms with Gasteiger partial charge in [-0.1, -0.05) is 36.4 Å². The number of aryl methyl sites for hydroxylation is 1. The van der Waals surface area contributed by atoms with E-state index >= 15 is 0 Å². The molecule has 0 aliphatic rings. The van der Waals surface area contributed by atoms with Gasteiger partial charge in [-0.05, 0) is 35.5 Å². The molecule has 0 bridgehead atoms. The number of carbonyl (C=O) groups excluding carboxylic acids is 1. The van der Waals surface area contributed by atoms with Gasteiger partial charge in [0.2, 0.25) is 5.76 Å². The number of tetrazole rings is 1. The molecule has 4 aromatic rings. The smallest absolute Gasteiger partial charge is 0.375 e. The highest BCUT2D eigenvalue weighted by molar-refractivity contribution is 5.95. The molecule has 0 aliphatic heterocycles. The number of hydrogen-bond acceptors (Lipinski definition) is 6. The summed E-state index contributed by atoms with van der Waals surface area (Å²) in [5, 5.41) is 12.4. The molecule has 0 fully saturated rings. The van der Waals surface area contributed by atoms with Crippen molar-refractivity contribution in [1.29, 1.82) is 0 Å². The first-order chi connectivity index (χ1) is 12.2. The number of benzene rings is 2. The van der Waals surface area contributed by atoms with E-state index in [-0.39, 0.29) is 12.4 Å². The van der Waals surface area contributed by atoms with E-state index in [9.17, 15) is 4.79 Å². The van der Waals surface area contributed by atoms with Gasteiger partial charge in [-0.2, -0.15) is 4.68 Å². The third-order valence-corrected chi connectivity index (χ3v) is 3.90. The number of ether oxygens (including phenoxy) is 1. The molecule has 4 rings (SSSR count). The Morgan fingerprint density at radius 2 is 1.88 bits per heavy atom. The fourth-order valence-corrected chi connectivity index (χ4v) is 2.63. The van der Waals surface area contributed by atoms with Crippen LogP contribution in [0.2, 0.25) is 0 Å². The lowest BCUT2D eigenvalue weighted by atomic mass is 10.1. The van der Waals surface area contributed by atoms with Crippen molar-refractivity contribution >= 4 is 16.9 Å². The predicted molar refractivity (Wildman–Crippen MR) is 89.2 cm³/mol. The Morgan fingerprint density at radius 1 is 1.12 bits per heavy atom. The Balaban J connectivity index is 1.55. The van der Waals surface area contributed by atoms with E-state index in [0.717, 1.165) is 16.6 Å². The van der Waals surface area contributed by atoms with Gasteiger partial charge in [-0.25, -0.2) is 4.79 Å². The second-order valence-corrected chi connectivity index (χ2v) is 5.47. The Bertz CT molecular complexity index is 1040. The van der Waals surface area contributed by atoms with Crippen molar-refractivity contribution < 1.29 is 13.9 Å². The van der Waals surface area contributed by atoms with Crippen LogP contribution in [0.3, 0.4) is 0 Å². The van der Waals surface area contributed by atoms with Crippen molar-refractivity contribution in [3.05, 3.63) is 71.7 Å². The van der Waals surface area contributed by atoms with E-state index in [0.29, 0.717) is 11.4 Å². The summed E-state index contributed by atoms with van der Waals surface area (Å²) in [4.78, 5) is 12.4.